The monoisotopic (exact) mass is 395 g/mol. The summed E-state index contributed by atoms with van der Waals surface area (Å²) in [6.07, 6.45) is 9.30. The SMILES string of the molecule is C1=CCC2=C(C3OC=Nc4cccc(C5=NOCc6ccccc65)c43)N=COC2=C1. The molecule has 146 valence electrons. The summed E-state index contributed by atoms with van der Waals surface area (Å²) in [5.74, 6) is 0.802. The Kier molecular flexibility index (Phi) is 3.87. The van der Waals surface area contributed by atoms with Crippen LogP contribution < -0.4 is 0 Å². The van der Waals surface area contributed by atoms with E-state index in [1.54, 1.807) is 0 Å². The van der Waals surface area contributed by atoms with Gasteiger partial charge in [0, 0.05) is 27.8 Å². The van der Waals surface area contributed by atoms with E-state index in [-0.39, 0.29) is 0 Å². The second-order valence-electron chi connectivity index (χ2n) is 7.24. The molecule has 30 heavy (non-hydrogen) atoms. The number of fused-ring (bicyclic) bond motifs is 3. The first kappa shape index (κ1) is 17.0. The third-order valence-corrected chi connectivity index (χ3v) is 5.57. The van der Waals surface area contributed by atoms with Crippen LogP contribution in [0.2, 0.25) is 0 Å². The highest BCUT2D eigenvalue weighted by Gasteiger charge is 2.33. The van der Waals surface area contributed by atoms with Gasteiger partial charge < -0.3 is 14.3 Å². The fraction of sp³-hybridized carbons (Fsp3) is 0.125. The molecule has 0 saturated heterocycles. The number of rotatable bonds is 2. The summed E-state index contributed by atoms with van der Waals surface area (Å²) in [6.45, 7) is 0.463. The number of hydrogen-bond donors (Lipinski definition) is 0. The summed E-state index contributed by atoms with van der Waals surface area (Å²) >= 11 is 0. The average Bonchev–Trinajstić information content (AvgIpc) is 2.82. The van der Waals surface area contributed by atoms with Crippen molar-refractivity contribution >= 4 is 24.2 Å². The maximum Gasteiger partial charge on any atom is 0.181 e. The van der Waals surface area contributed by atoms with Crippen LogP contribution in [0.15, 0.2) is 92.9 Å². The van der Waals surface area contributed by atoms with Gasteiger partial charge in [-0.25, -0.2) is 9.98 Å². The Balaban J connectivity index is 1.54. The number of oxime groups is 1. The van der Waals surface area contributed by atoms with E-state index < -0.39 is 6.10 Å². The lowest BCUT2D eigenvalue weighted by molar-refractivity contribution is 0.126. The summed E-state index contributed by atoms with van der Waals surface area (Å²) in [7, 11) is 0. The minimum atomic E-state index is -0.421. The van der Waals surface area contributed by atoms with Crippen molar-refractivity contribution in [1.82, 2.24) is 0 Å². The molecule has 0 radical (unpaired) electrons. The van der Waals surface area contributed by atoms with Crippen LogP contribution in [0, 0.1) is 0 Å². The standard InChI is InChI=1S/C24H17N3O3/c1-2-7-16-15(6-1)12-30-27-22(16)18-9-5-10-19-21(18)24(29-13-25-19)23-17-8-3-4-11-20(17)28-14-26-23/h1-7,9-11,13-14,24H,8,12H2. The zero-order valence-corrected chi connectivity index (χ0v) is 16.0. The Hall–Kier alpha value is -3.93. The van der Waals surface area contributed by atoms with Crippen LogP contribution in [0.3, 0.4) is 0 Å². The van der Waals surface area contributed by atoms with E-state index in [2.05, 4.69) is 33.3 Å². The Morgan fingerprint density at radius 2 is 1.87 bits per heavy atom. The molecule has 2 aromatic carbocycles. The zero-order chi connectivity index (χ0) is 19.9. The lowest BCUT2D eigenvalue weighted by atomic mass is 9.88. The number of nitrogens with zero attached hydrogens (tertiary/aromatic N) is 3. The van der Waals surface area contributed by atoms with E-state index in [0.29, 0.717) is 6.61 Å². The van der Waals surface area contributed by atoms with Crippen molar-refractivity contribution in [2.24, 2.45) is 15.1 Å². The zero-order valence-electron chi connectivity index (χ0n) is 16.0. The van der Waals surface area contributed by atoms with Crippen LogP contribution in [0.1, 0.15) is 34.8 Å². The van der Waals surface area contributed by atoms with E-state index in [1.807, 2.05) is 42.5 Å². The molecule has 0 fully saturated rings. The van der Waals surface area contributed by atoms with E-state index in [0.717, 1.165) is 57.1 Å². The van der Waals surface area contributed by atoms with Gasteiger partial charge in [-0.05, 0) is 18.6 Å². The van der Waals surface area contributed by atoms with Crippen molar-refractivity contribution in [1.29, 1.82) is 0 Å². The smallest absolute Gasteiger partial charge is 0.181 e. The van der Waals surface area contributed by atoms with Gasteiger partial charge in [0.2, 0.25) is 0 Å². The first-order valence-corrected chi connectivity index (χ1v) is 9.79. The fourth-order valence-corrected chi connectivity index (χ4v) is 4.18. The molecule has 1 aliphatic carbocycles. The predicted octanol–water partition coefficient (Wildman–Crippen LogP) is 4.86. The maximum absolute atomic E-state index is 6.05. The summed E-state index contributed by atoms with van der Waals surface area (Å²) in [6, 6.07) is 14.1. The maximum atomic E-state index is 6.05. The van der Waals surface area contributed by atoms with Gasteiger partial charge in [0.15, 0.2) is 18.9 Å². The predicted molar refractivity (Wildman–Crippen MR) is 114 cm³/mol. The molecule has 6 nitrogen and oxygen atoms in total. The number of hydrogen-bond acceptors (Lipinski definition) is 6. The van der Waals surface area contributed by atoms with Crippen molar-refractivity contribution in [3.8, 4) is 0 Å². The van der Waals surface area contributed by atoms with Crippen molar-refractivity contribution in [2.45, 2.75) is 19.1 Å². The van der Waals surface area contributed by atoms with Gasteiger partial charge in [-0.15, -0.1) is 0 Å². The van der Waals surface area contributed by atoms with Crippen LogP contribution in [0.25, 0.3) is 0 Å². The lowest BCUT2D eigenvalue weighted by Crippen LogP contribution is -2.21. The van der Waals surface area contributed by atoms with Crippen LogP contribution >= 0.6 is 0 Å². The molecule has 3 aliphatic heterocycles. The fourth-order valence-electron chi connectivity index (χ4n) is 4.18. The Bertz CT molecular complexity index is 1230. The van der Waals surface area contributed by atoms with Gasteiger partial charge in [0.25, 0.3) is 0 Å². The molecule has 4 aliphatic rings. The van der Waals surface area contributed by atoms with Crippen molar-refractivity contribution in [3.05, 3.63) is 100.0 Å². The summed E-state index contributed by atoms with van der Waals surface area (Å²) in [5, 5.41) is 4.42. The molecular formula is C24H17N3O3. The van der Waals surface area contributed by atoms with Crippen molar-refractivity contribution in [2.75, 3.05) is 0 Å². The highest BCUT2D eigenvalue weighted by atomic mass is 16.6. The summed E-state index contributed by atoms with van der Waals surface area (Å²) in [4.78, 5) is 14.6. The van der Waals surface area contributed by atoms with Crippen LogP contribution in [0.4, 0.5) is 5.69 Å². The number of ether oxygens (including phenoxy) is 2. The molecule has 1 atom stereocenters. The Labute approximate surface area is 173 Å². The third kappa shape index (κ3) is 2.61. The van der Waals surface area contributed by atoms with Crippen molar-refractivity contribution in [3.63, 3.8) is 0 Å². The van der Waals surface area contributed by atoms with Gasteiger partial charge in [-0.1, -0.05) is 53.7 Å². The Morgan fingerprint density at radius 1 is 0.933 bits per heavy atom. The van der Waals surface area contributed by atoms with Crippen LogP contribution in [0.5, 0.6) is 0 Å². The number of benzene rings is 2. The molecule has 2 aromatic rings. The second kappa shape index (κ2) is 6.84. The van der Waals surface area contributed by atoms with Gasteiger partial charge in [-0.3, -0.25) is 0 Å². The highest BCUT2D eigenvalue weighted by molar-refractivity contribution is 6.15. The summed E-state index contributed by atoms with van der Waals surface area (Å²) in [5.41, 5.74) is 7.46. The Morgan fingerprint density at radius 3 is 2.87 bits per heavy atom. The molecule has 1 unspecified atom stereocenters. The first-order valence-electron chi connectivity index (χ1n) is 9.79. The normalized spacial score (nSPS) is 20.7. The van der Waals surface area contributed by atoms with E-state index in [9.17, 15) is 0 Å². The van der Waals surface area contributed by atoms with Gasteiger partial charge in [0.05, 0.1) is 11.4 Å². The second-order valence-corrected chi connectivity index (χ2v) is 7.24. The molecule has 0 saturated carbocycles. The molecule has 0 aromatic heterocycles. The third-order valence-electron chi connectivity index (χ3n) is 5.57. The van der Waals surface area contributed by atoms with Gasteiger partial charge >= 0.3 is 0 Å². The summed E-state index contributed by atoms with van der Waals surface area (Å²) < 4.78 is 11.7. The molecule has 0 bridgehead atoms. The highest BCUT2D eigenvalue weighted by Crippen LogP contribution is 2.43. The molecule has 0 spiro atoms. The minimum absolute atomic E-state index is 0.421. The van der Waals surface area contributed by atoms with Gasteiger partial charge in [-0.2, -0.15) is 0 Å². The van der Waals surface area contributed by atoms with Crippen molar-refractivity contribution < 1.29 is 14.3 Å². The van der Waals surface area contributed by atoms with E-state index in [1.165, 1.54) is 12.8 Å². The quantitative estimate of drug-likeness (QED) is 0.730. The average molecular weight is 395 g/mol. The number of allylic oxidation sites excluding steroid dienone is 4. The molecule has 0 amide bonds. The van der Waals surface area contributed by atoms with Crippen LogP contribution in [-0.4, -0.2) is 18.5 Å². The molecule has 3 heterocycles. The largest absolute Gasteiger partial charge is 0.469 e. The van der Waals surface area contributed by atoms with Crippen LogP contribution in [-0.2, 0) is 20.9 Å². The number of aliphatic imine (C=N–C) groups is 2. The molecule has 0 N–H and O–H groups in total. The topological polar surface area (TPSA) is 64.8 Å². The van der Waals surface area contributed by atoms with E-state index in [4.69, 9.17) is 14.3 Å². The lowest BCUT2D eigenvalue weighted by Gasteiger charge is -2.29. The minimum Gasteiger partial charge on any atom is -0.469 e. The first-order chi connectivity index (χ1) is 14.9. The van der Waals surface area contributed by atoms with E-state index >= 15 is 0 Å². The van der Waals surface area contributed by atoms with Gasteiger partial charge in [0.1, 0.15) is 18.1 Å². The molecule has 6 rings (SSSR count). The molecular weight excluding hydrogens is 378 g/mol. The molecule has 6 heteroatoms.